The Kier molecular flexibility index (Phi) is 4.75. The Morgan fingerprint density at radius 3 is 2.95 bits per heavy atom. The van der Waals surface area contributed by atoms with Crippen molar-refractivity contribution < 1.29 is 8.42 Å². The number of nitrogens with zero attached hydrogens (tertiary/aromatic N) is 3. The van der Waals surface area contributed by atoms with Gasteiger partial charge >= 0.3 is 0 Å². The van der Waals surface area contributed by atoms with E-state index >= 15 is 0 Å². The minimum atomic E-state index is -2.85. The fourth-order valence-corrected chi connectivity index (χ4v) is 4.48. The first-order chi connectivity index (χ1) is 9.00. The van der Waals surface area contributed by atoms with Gasteiger partial charge in [0.05, 0.1) is 18.1 Å². The molecule has 2 rings (SSSR count). The van der Waals surface area contributed by atoms with Gasteiger partial charge in [-0.15, -0.1) is 10.2 Å². The molecular formula is C11H20N4O2S2. The maximum absolute atomic E-state index is 11.5. The number of rotatable bonds is 5. The smallest absolute Gasteiger partial charge is 0.205 e. The molecule has 1 fully saturated rings. The lowest BCUT2D eigenvalue weighted by Gasteiger charge is -2.32. The molecule has 19 heavy (non-hydrogen) atoms. The highest BCUT2D eigenvalue weighted by Gasteiger charge is 2.28. The summed E-state index contributed by atoms with van der Waals surface area (Å²) in [5, 5.41) is 13.2. The van der Waals surface area contributed by atoms with Gasteiger partial charge in [-0.1, -0.05) is 18.3 Å². The molecule has 6 nitrogen and oxygen atoms in total. The summed E-state index contributed by atoms with van der Waals surface area (Å²) in [6.07, 6.45) is 1.05. The molecular weight excluding hydrogens is 284 g/mol. The van der Waals surface area contributed by atoms with Gasteiger partial charge in [-0.05, 0) is 13.3 Å². The second-order valence-electron chi connectivity index (χ2n) is 4.86. The molecule has 1 saturated heterocycles. The van der Waals surface area contributed by atoms with E-state index in [1.165, 1.54) is 0 Å². The van der Waals surface area contributed by atoms with E-state index in [2.05, 4.69) is 27.3 Å². The van der Waals surface area contributed by atoms with E-state index < -0.39 is 9.84 Å². The summed E-state index contributed by atoms with van der Waals surface area (Å²) in [5.41, 5.74) is 0. The van der Waals surface area contributed by atoms with Gasteiger partial charge in [-0.25, -0.2) is 8.42 Å². The molecule has 0 spiro atoms. The monoisotopic (exact) mass is 304 g/mol. The van der Waals surface area contributed by atoms with E-state index in [9.17, 15) is 8.42 Å². The van der Waals surface area contributed by atoms with Crippen molar-refractivity contribution in [2.24, 2.45) is 0 Å². The lowest BCUT2D eigenvalue weighted by atomic mass is 10.3. The van der Waals surface area contributed by atoms with Crippen molar-refractivity contribution in [3.05, 3.63) is 5.01 Å². The lowest BCUT2D eigenvalue weighted by Crippen LogP contribution is -2.46. The quantitative estimate of drug-likeness (QED) is 0.874. The Hall–Kier alpha value is -0.730. The molecule has 108 valence electrons. The van der Waals surface area contributed by atoms with Crippen LogP contribution in [0.15, 0.2) is 0 Å². The van der Waals surface area contributed by atoms with Crippen LogP contribution in [0.3, 0.4) is 0 Å². The van der Waals surface area contributed by atoms with Gasteiger partial charge in [0, 0.05) is 19.1 Å². The van der Waals surface area contributed by atoms with Crippen molar-refractivity contribution in [2.75, 3.05) is 29.9 Å². The number of hydrogen-bond donors (Lipinski definition) is 1. The molecule has 2 heterocycles. The molecule has 0 amide bonds. The summed E-state index contributed by atoms with van der Waals surface area (Å²) in [4.78, 5) is 2.16. The third kappa shape index (κ3) is 4.12. The van der Waals surface area contributed by atoms with Crippen LogP contribution in [0.1, 0.15) is 25.3 Å². The number of sulfone groups is 1. The van der Waals surface area contributed by atoms with Crippen LogP contribution in [-0.2, 0) is 16.4 Å². The van der Waals surface area contributed by atoms with Crippen LogP contribution < -0.4 is 5.32 Å². The fourth-order valence-electron chi connectivity index (χ4n) is 2.06. The molecule has 0 saturated carbocycles. The highest BCUT2D eigenvalue weighted by molar-refractivity contribution is 7.91. The number of anilines is 1. The van der Waals surface area contributed by atoms with E-state index in [0.29, 0.717) is 13.1 Å². The molecule has 1 aromatic heterocycles. The minimum absolute atomic E-state index is 0.0506. The van der Waals surface area contributed by atoms with Crippen LogP contribution in [0.2, 0.25) is 0 Å². The van der Waals surface area contributed by atoms with Crippen molar-refractivity contribution >= 4 is 26.3 Å². The number of aromatic nitrogens is 2. The van der Waals surface area contributed by atoms with Gasteiger partial charge in [0.25, 0.3) is 0 Å². The SMILES string of the molecule is CCCNc1nnc(CN2CCS(=O)(=O)CC2C)s1. The van der Waals surface area contributed by atoms with Gasteiger partial charge in [-0.2, -0.15) is 0 Å². The summed E-state index contributed by atoms with van der Waals surface area (Å²) in [6, 6.07) is 0.0506. The highest BCUT2D eigenvalue weighted by Crippen LogP contribution is 2.20. The fraction of sp³-hybridized carbons (Fsp3) is 0.818. The molecule has 1 unspecified atom stereocenters. The molecule has 1 aliphatic heterocycles. The second kappa shape index (κ2) is 6.15. The Morgan fingerprint density at radius 1 is 1.47 bits per heavy atom. The average Bonchev–Trinajstić information content (AvgIpc) is 2.77. The zero-order valence-electron chi connectivity index (χ0n) is 11.3. The van der Waals surface area contributed by atoms with Gasteiger partial charge in [0.15, 0.2) is 9.84 Å². The van der Waals surface area contributed by atoms with Crippen LogP contribution >= 0.6 is 11.3 Å². The third-order valence-corrected chi connectivity index (χ3v) is 5.80. The minimum Gasteiger partial charge on any atom is -0.360 e. The Morgan fingerprint density at radius 2 is 2.26 bits per heavy atom. The first-order valence-corrected chi connectivity index (χ1v) is 9.14. The van der Waals surface area contributed by atoms with E-state index in [-0.39, 0.29) is 17.5 Å². The summed E-state index contributed by atoms with van der Waals surface area (Å²) >= 11 is 1.54. The van der Waals surface area contributed by atoms with Crippen molar-refractivity contribution in [3.8, 4) is 0 Å². The van der Waals surface area contributed by atoms with Crippen LogP contribution in [0, 0.1) is 0 Å². The largest absolute Gasteiger partial charge is 0.360 e. The predicted molar refractivity (Wildman–Crippen MR) is 77.2 cm³/mol. The topological polar surface area (TPSA) is 75.2 Å². The van der Waals surface area contributed by atoms with Gasteiger partial charge in [0.1, 0.15) is 5.01 Å². The zero-order valence-corrected chi connectivity index (χ0v) is 12.9. The summed E-state index contributed by atoms with van der Waals surface area (Å²) in [6.45, 7) is 6.22. The Balaban J connectivity index is 1.92. The molecule has 1 N–H and O–H groups in total. The second-order valence-corrected chi connectivity index (χ2v) is 8.15. The molecule has 0 aliphatic carbocycles. The Labute approximate surface area is 118 Å². The lowest BCUT2D eigenvalue weighted by molar-refractivity contribution is 0.217. The van der Waals surface area contributed by atoms with Gasteiger partial charge in [0.2, 0.25) is 5.13 Å². The van der Waals surface area contributed by atoms with Crippen molar-refractivity contribution in [1.29, 1.82) is 0 Å². The number of nitrogens with one attached hydrogen (secondary N) is 1. The molecule has 0 radical (unpaired) electrons. The van der Waals surface area contributed by atoms with Crippen LogP contribution in [-0.4, -0.2) is 54.2 Å². The van der Waals surface area contributed by atoms with E-state index in [4.69, 9.17) is 0 Å². The third-order valence-electron chi connectivity index (χ3n) is 3.14. The molecule has 1 aliphatic rings. The number of hydrogen-bond acceptors (Lipinski definition) is 7. The van der Waals surface area contributed by atoms with Crippen molar-refractivity contribution in [1.82, 2.24) is 15.1 Å². The summed E-state index contributed by atoms with van der Waals surface area (Å²) in [5.74, 6) is 0.490. The van der Waals surface area contributed by atoms with Crippen LogP contribution in [0.25, 0.3) is 0 Å². The molecule has 1 atom stereocenters. The molecule has 8 heteroatoms. The van der Waals surface area contributed by atoms with Crippen molar-refractivity contribution in [2.45, 2.75) is 32.9 Å². The van der Waals surface area contributed by atoms with E-state index in [1.807, 2.05) is 6.92 Å². The van der Waals surface area contributed by atoms with Crippen LogP contribution in [0.4, 0.5) is 5.13 Å². The first kappa shape index (κ1) is 14.7. The predicted octanol–water partition coefficient (Wildman–Crippen LogP) is 0.979. The maximum atomic E-state index is 11.5. The normalized spacial score (nSPS) is 23.4. The van der Waals surface area contributed by atoms with E-state index in [1.54, 1.807) is 11.3 Å². The summed E-state index contributed by atoms with van der Waals surface area (Å²) < 4.78 is 23.0. The molecule has 0 bridgehead atoms. The van der Waals surface area contributed by atoms with Gasteiger partial charge < -0.3 is 5.32 Å². The zero-order chi connectivity index (χ0) is 13.9. The highest BCUT2D eigenvalue weighted by atomic mass is 32.2. The van der Waals surface area contributed by atoms with Gasteiger partial charge in [-0.3, -0.25) is 4.90 Å². The first-order valence-electron chi connectivity index (χ1n) is 6.51. The van der Waals surface area contributed by atoms with Crippen molar-refractivity contribution in [3.63, 3.8) is 0 Å². The standard InChI is InChI=1S/C11H20N4O2S2/c1-3-4-12-11-14-13-10(18-11)7-15-5-6-19(16,17)8-9(15)2/h9H,3-8H2,1-2H3,(H,12,14). The summed E-state index contributed by atoms with van der Waals surface area (Å²) in [7, 11) is -2.85. The Bertz CT molecular complexity index is 515. The van der Waals surface area contributed by atoms with E-state index in [0.717, 1.165) is 23.1 Å². The maximum Gasteiger partial charge on any atom is 0.205 e. The molecule has 0 aromatic carbocycles. The average molecular weight is 304 g/mol. The van der Waals surface area contributed by atoms with Crippen LogP contribution in [0.5, 0.6) is 0 Å². The molecule has 1 aromatic rings.